The van der Waals surface area contributed by atoms with Crippen LogP contribution in [0, 0.1) is 22.7 Å². The van der Waals surface area contributed by atoms with Gasteiger partial charge in [0.1, 0.15) is 29.3 Å². The first-order chi connectivity index (χ1) is 18.2. The highest BCUT2D eigenvalue weighted by Gasteiger charge is 2.26. The van der Waals surface area contributed by atoms with E-state index in [1.807, 2.05) is 89.5 Å². The summed E-state index contributed by atoms with van der Waals surface area (Å²) >= 11 is 0. The molecule has 37 heavy (non-hydrogen) atoms. The highest BCUT2D eigenvalue weighted by molar-refractivity contribution is 5.99. The van der Waals surface area contributed by atoms with Gasteiger partial charge in [-0.3, -0.25) is 0 Å². The van der Waals surface area contributed by atoms with Crippen LogP contribution in [0.3, 0.4) is 0 Å². The van der Waals surface area contributed by atoms with Gasteiger partial charge in [-0.1, -0.05) is 72.8 Å². The highest BCUT2D eigenvalue weighted by atomic mass is 15.1. The molecule has 0 aliphatic rings. The van der Waals surface area contributed by atoms with Crippen LogP contribution >= 0.6 is 0 Å². The third kappa shape index (κ3) is 3.74. The molecule has 0 atom stereocenters. The Morgan fingerprint density at radius 2 is 1.24 bits per heavy atom. The van der Waals surface area contributed by atoms with Crippen molar-refractivity contribution in [3.8, 4) is 23.5 Å². The van der Waals surface area contributed by atoms with Crippen LogP contribution in [-0.4, -0.2) is 24.1 Å². The average Bonchev–Trinajstić information content (AvgIpc) is 3.42. The predicted octanol–water partition coefficient (Wildman–Crippen LogP) is 4.87. The summed E-state index contributed by atoms with van der Waals surface area (Å²) in [6.07, 6.45) is 0. The zero-order chi connectivity index (χ0) is 25.4. The molecule has 0 radical (unpaired) electrons. The molecule has 6 aromatic rings. The number of anilines is 1. The molecule has 0 fully saturated rings. The minimum atomic E-state index is -0.0427. The number of benzene rings is 3. The van der Waals surface area contributed by atoms with Crippen LogP contribution in [0.2, 0.25) is 0 Å². The van der Waals surface area contributed by atoms with Crippen molar-refractivity contribution < 1.29 is 0 Å². The molecular formula is C29H20N8. The molecule has 0 saturated carbocycles. The minimum Gasteiger partial charge on any atom is -0.384 e. The van der Waals surface area contributed by atoms with Gasteiger partial charge in [-0.2, -0.15) is 10.5 Å². The van der Waals surface area contributed by atoms with Crippen LogP contribution in [0.25, 0.3) is 33.6 Å². The predicted molar refractivity (Wildman–Crippen MR) is 141 cm³/mol. The van der Waals surface area contributed by atoms with E-state index < -0.39 is 0 Å². The maximum absolute atomic E-state index is 9.68. The number of rotatable bonds is 5. The Hall–Kier alpha value is -5.47. The zero-order valence-electron chi connectivity index (χ0n) is 19.7. The Bertz CT molecular complexity index is 1850. The van der Waals surface area contributed by atoms with Crippen LogP contribution < -0.4 is 5.73 Å². The van der Waals surface area contributed by atoms with Crippen LogP contribution in [0.4, 0.5) is 5.82 Å². The SMILES string of the molecule is N#Cc1nc2c(-c3nc4ccccc4n3Cc3ccccc3)c(N)n(Cc3ccccc3)c2nc1C#N. The van der Waals surface area contributed by atoms with Crippen molar-refractivity contribution in [3.63, 3.8) is 0 Å². The molecule has 0 bridgehead atoms. The average molecular weight is 481 g/mol. The second kappa shape index (κ2) is 8.95. The molecule has 8 heteroatoms. The van der Waals surface area contributed by atoms with Gasteiger partial charge in [0.05, 0.1) is 23.1 Å². The van der Waals surface area contributed by atoms with Gasteiger partial charge in [-0.05, 0) is 23.3 Å². The molecule has 8 nitrogen and oxygen atoms in total. The number of nitrogens with zero attached hydrogens (tertiary/aromatic N) is 7. The van der Waals surface area contributed by atoms with Gasteiger partial charge in [0.15, 0.2) is 17.0 Å². The van der Waals surface area contributed by atoms with Crippen molar-refractivity contribution in [1.82, 2.24) is 24.1 Å². The van der Waals surface area contributed by atoms with E-state index in [-0.39, 0.29) is 11.4 Å². The van der Waals surface area contributed by atoms with Crippen molar-refractivity contribution in [2.45, 2.75) is 13.1 Å². The molecule has 0 aliphatic heterocycles. The molecule has 0 aliphatic carbocycles. The fourth-order valence-corrected chi connectivity index (χ4v) is 4.65. The number of nitriles is 2. The van der Waals surface area contributed by atoms with Crippen molar-refractivity contribution in [3.05, 3.63) is 107 Å². The molecule has 0 unspecified atom stereocenters. The quantitative estimate of drug-likeness (QED) is 0.376. The van der Waals surface area contributed by atoms with Crippen LogP contribution in [-0.2, 0) is 13.1 Å². The first-order valence-electron chi connectivity index (χ1n) is 11.7. The first kappa shape index (κ1) is 22.0. The second-order valence-electron chi connectivity index (χ2n) is 8.64. The number of nitrogen functional groups attached to an aromatic ring is 1. The summed E-state index contributed by atoms with van der Waals surface area (Å²) in [5.41, 5.74) is 12.1. The Balaban J connectivity index is 1.66. The molecule has 3 aromatic heterocycles. The molecule has 0 saturated heterocycles. The Labute approximate surface area is 212 Å². The molecule has 0 spiro atoms. The van der Waals surface area contributed by atoms with E-state index in [0.29, 0.717) is 41.5 Å². The third-order valence-corrected chi connectivity index (χ3v) is 6.37. The second-order valence-corrected chi connectivity index (χ2v) is 8.64. The van der Waals surface area contributed by atoms with Gasteiger partial charge in [-0.25, -0.2) is 15.0 Å². The van der Waals surface area contributed by atoms with Crippen LogP contribution in [0.1, 0.15) is 22.5 Å². The maximum atomic E-state index is 9.68. The standard InChI is InChI=1S/C29H20N8/c30-15-22-23(16-31)35-29-26(33-22)25(27(32)37(29)18-20-11-5-2-6-12-20)28-34-21-13-7-8-14-24(21)36(28)17-19-9-3-1-4-10-19/h1-14H,17-18,32H2. The minimum absolute atomic E-state index is 0.0360. The van der Waals surface area contributed by atoms with Gasteiger partial charge >= 0.3 is 0 Å². The fraction of sp³-hybridized carbons (Fsp3) is 0.0690. The van der Waals surface area contributed by atoms with Crippen LogP contribution in [0.15, 0.2) is 84.9 Å². The van der Waals surface area contributed by atoms with E-state index in [1.54, 1.807) is 0 Å². The van der Waals surface area contributed by atoms with Crippen LogP contribution in [0.5, 0.6) is 0 Å². The number of fused-ring (bicyclic) bond motifs is 2. The summed E-state index contributed by atoms with van der Waals surface area (Å²) < 4.78 is 3.94. The van der Waals surface area contributed by atoms with Gasteiger partial charge in [0, 0.05) is 6.54 Å². The Morgan fingerprint density at radius 1 is 0.676 bits per heavy atom. The topological polar surface area (TPSA) is 122 Å². The lowest BCUT2D eigenvalue weighted by atomic mass is 10.2. The van der Waals surface area contributed by atoms with Gasteiger partial charge in [-0.15, -0.1) is 0 Å². The van der Waals surface area contributed by atoms with Crippen molar-refractivity contribution >= 4 is 28.0 Å². The van der Waals surface area contributed by atoms with Crippen molar-refractivity contribution in [1.29, 1.82) is 10.5 Å². The van der Waals surface area contributed by atoms with E-state index in [9.17, 15) is 10.5 Å². The molecule has 3 aromatic carbocycles. The molecule has 6 rings (SSSR count). The zero-order valence-corrected chi connectivity index (χ0v) is 19.7. The summed E-state index contributed by atoms with van der Waals surface area (Å²) in [5.74, 6) is 1.05. The first-order valence-corrected chi connectivity index (χ1v) is 11.7. The van der Waals surface area contributed by atoms with Gasteiger partial charge in [0.25, 0.3) is 0 Å². The van der Waals surface area contributed by atoms with E-state index in [0.717, 1.165) is 22.2 Å². The summed E-state index contributed by atoms with van der Waals surface area (Å²) in [7, 11) is 0. The smallest absolute Gasteiger partial charge is 0.179 e. The molecule has 3 heterocycles. The number of nitrogens with two attached hydrogens (primary N) is 1. The summed E-state index contributed by atoms with van der Waals surface area (Å²) in [4.78, 5) is 14.1. The number of imidazole rings is 1. The van der Waals surface area contributed by atoms with E-state index in [2.05, 4.69) is 26.7 Å². The summed E-state index contributed by atoms with van der Waals surface area (Å²) in [6.45, 7) is 0.990. The summed E-state index contributed by atoms with van der Waals surface area (Å²) in [5, 5.41) is 19.3. The van der Waals surface area contributed by atoms with E-state index in [4.69, 9.17) is 10.7 Å². The molecule has 2 N–H and O–H groups in total. The van der Waals surface area contributed by atoms with Gasteiger partial charge in [0.2, 0.25) is 0 Å². The number of aromatic nitrogens is 5. The van der Waals surface area contributed by atoms with Crippen molar-refractivity contribution in [2.75, 3.05) is 5.73 Å². The van der Waals surface area contributed by atoms with Crippen molar-refractivity contribution in [2.24, 2.45) is 0 Å². The highest BCUT2D eigenvalue weighted by Crippen LogP contribution is 2.37. The number of hydrogen-bond donors (Lipinski definition) is 1. The maximum Gasteiger partial charge on any atom is 0.179 e. The van der Waals surface area contributed by atoms with E-state index >= 15 is 0 Å². The lowest BCUT2D eigenvalue weighted by Gasteiger charge is -2.11. The monoisotopic (exact) mass is 480 g/mol. The fourth-order valence-electron chi connectivity index (χ4n) is 4.65. The molecule has 176 valence electrons. The third-order valence-electron chi connectivity index (χ3n) is 6.37. The Kier molecular flexibility index (Phi) is 5.33. The Morgan fingerprint density at radius 3 is 1.89 bits per heavy atom. The largest absolute Gasteiger partial charge is 0.384 e. The molecular weight excluding hydrogens is 460 g/mol. The lowest BCUT2D eigenvalue weighted by molar-refractivity contribution is 0.824. The number of para-hydroxylation sites is 2. The van der Waals surface area contributed by atoms with Gasteiger partial charge < -0.3 is 14.9 Å². The van der Waals surface area contributed by atoms with E-state index in [1.165, 1.54) is 0 Å². The summed E-state index contributed by atoms with van der Waals surface area (Å²) in [6, 6.07) is 31.9. The number of hydrogen-bond acceptors (Lipinski definition) is 6. The molecule has 0 amide bonds. The normalized spacial score (nSPS) is 11.0. The lowest BCUT2D eigenvalue weighted by Crippen LogP contribution is -2.07.